The van der Waals surface area contributed by atoms with Crippen LogP contribution in [0, 0.1) is 13.8 Å². The summed E-state index contributed by atoms with van der Waals surface area (Å²) in [4.78, 5) is 2.34. The van der Waals surface area contributed by atoms with E-state index in [0.29, 0.717) is 18.0 Å². The van der Waals surface area contributed by atoms with E-state index < -0.39 is 12.0 Å². The van der Waals surface area contributed by atoms with Gasteiger partial charge in [0.15, 0.2) is 11.5 Å². The van der Waals surface area contributed by atoms with Gasteiger partial charge in [0.1, 0.15) is 0 Å². The van der Waals surface area contributed by atoms with Crippen LogP contribution in [0.3, 0.4) is 0 Å². The molecule has 28 heavy (non-hydrogen) atoms. The van der Waals surface area contributed by atoms with Crippen LogP contribution in [0.25, 0.3) is 5.65 Å². The van der Waals surface area contributed by atoms with Gasteiger partial charge in [-0.15, -0.1) is 15.3 Å². The second-order valence-electron chi connectivity index (χ2n) is 7.54. The van der Waals surface area contributed by atoms with Crippen molar-refractivity contribution in [1.29, 1.82) is 0 Å². The summed E-state index contributed by atoms with van der Waals surface area (Å²) >= 11 is 0. The van der Waals surface area contributed by atoms with Crippen molar-refractivity contribution in [3.63, 3.8) is 0 Å². The second kappa shape index (κ2) is 8.20. The first-order valence-electron chi connectivity index (χ1n) is 9.57. The van der Waals surface area contributed by atoms with Gasteiger partial charge < -0.3 is 15.0 Å². The molecule has 156 valence electrons. The lowest BCUT2D eigenvalue weighted by atomic mass is 10.0. The van der Waals surface area contributed by atoms with Gasteiger partial charge in [0.05, 0.1) is 12.7 Å². The minimum Gasteiger partial charge on any atom is -0.377 e. The molecule has 1 fully saturated rings. The lowest BCUT2D eigenvalue weighted by molar-refractivity contribution is -0.146. The van der Waals surface area contributed by atoms with Crippen LogP contribution in [0.2, 0.25) is 0 Å². The maximum Gasteiger partial charge on any atom is 0.453 e. The van der Waals surface area contributed by atoms with E-state index in [1.54, 1.807) is 6.92 Å². The molecule has 0 saturated carbocycles. The zero-order valence-electron chi connectivity index (χ0n) is 16.7. The minimum atomic E-state index is -4.60. The number of anilines is 1. The standard InChI is InChI=1S/C18H27F3N6O/c1-11(2)28-10-9-26-7-5-14(6-8-26)22-15-12(3)13(4)16-23-24-17(18(19,20)21)27(16)25-15/h11,14H,5-10H2,1-4H3,(H,22,25). The molecule has 3 rings (SSSR count). The fraction of sp³-hybridized carbons (Fsp3) is 0.722. The first kappa shape index (κ1) is 20.8. The predicted octanol–water partition coefficient (Wildman–Crippen LogP) is 3.06. The van der Waals surface area contributed by atoms with Gasteiger partial charge in [-0.3, -0.25) is 0 Å². The maximum absolute atomic E-state index is 13.2. The summed E-state index contributed by atoms with van der Waals surface area (Å²) in [7, 11) is 0. The number of ether oxygens (including phenoxy) is 1. The first-order chi connectivity index (χ1) is 13.2. The van der Waals surface area contributed by atoms with E-state index in [0.717, 1.165) is 42.6 Å². The zero-order chi connectivity index (χ0) is 20.5. The van der Waals surface area contributed by atoms with E-state index in [2.05, 4.69) is 25.5 Å². The van der Waals surface area contributed by atoms with Crippen molar-refractivity contribution < 1.29 is 17.9 Å². The highest BCUT2D eigenvalue weighted by molar-refractivity contribution is 5.58. The number of hydrogen-bond donors (Lipinski definition) is 1. The fourth-order valence-corrected chi connectivity index (χ4v) is 3.35. The summed E-state index contributed by atoms with van der Waals surface area (Å²) in [5.41, 5.74) is 1.57. The molecule has 0 spiro atoms. The van der Waals surface area contributed by atoms with E-state index >= 15 is 0 Å². The quantitative estimate of drug-likeness (QED) is 0.804. The third-order valence-corrected chi connectivity index (χ3v) is 5.13. The van der Waals surface area contributed by atoms with E-state index in [4.69, 9.17) is 4.74 Å². The molecule has 0 radical (unpaired) electrons. The lowest BCUT2D eigenvalue weighted by Crippen LogP contribution is -2.41. The molecule has 10 heteroatoms. The Labute approximate surface area is 162 Å². The van der Waals surface area contributed by atoms with E-state index in [1.165, 1.54) is 0 Å². The van der Waals surface area contributed by atoms with Crippen LogP contribution in [-0.4, -0.2) is 63.1 Å². The Morgan fingerprint density at radius 3 is 2.43 bits per heavy atom. The first-order valence-corrected chi connectivity index (χ1v) is 9.57. The summed E-state index contributed by atoms with van der Waals surface area (Å²) in [5, 5.41) is 14.5. The molecule has 1 saturated heterocycles. The van der Waals surface area contributed by atoms with Gasteiger partial charge in [0.2, 0.25) is 0 Å². The number of piperidine rings is 1. The third-order valence-electron chi connectivity index (χ3n) is 5.13. The van der Waals surface area contributed by atoms with Crippen molar-refractivity contribution in [3.05, 3.63) is 17.0 Å². The molecular weight excluding hydrogens is 373 g/mol. The second-order valence-corrected chi connectivity index (χ2v) is 7.54. The topological polar surface area (TPSA) is 67.6 Å². The molecule has 0 atom stereocenters. The van der Waals surface area contributed by atoms with Crippen LogP contribution in [0.1, 0.15) is 43.6 Å². The van der Waals surface area contributed by atoms with E-state index in [9.17, 15) is 13.2 Å². The van der Waals surface area contributed by atoms with E-state index in [1.807, 2.05) is 20.8 Å². The molecule has 7 nitrogen and oxygen atoms in total. The van der Waals surface area contributed by atoms with Crippen molar-refractivity contribution >= 4 is 11.5 Å². The monoisotopic (exact) mass is 400 g/mol. The SMILES string of the molecule is Cc1c(NC2CCN(CCOC(C)C)CC2)nn2c(C(F)(F)F)nnc2c1C. The molecule has 1 N–H and O–H groups in total. The van der Waals surface area contributed by atoms with E-state index in [-0.39, 0.29) is 17.8 Å². The van der Waals surface area contributed by atoms with Crippen molar-refractivity contribution in [2.75, 3.05) is 31.6 Å². The van der Waals surface area contributed by atoms with Gasteiger partial charge in [0, 0.05) is 31.2 Å². The lowest BCUT2D eigenvalue weighted by Gasteiger charge is -2.33. The molecule has 0 amide bonds. The van der Waals surface area contributed by atoms with Crippen LogP contribution in [0.5, 0.6) is 0 Å². The summed E-state index contributed by atoms with van der Waals surface area (Å²) in [6, 6.07) is 0.163. The predicted molar refractivity (Wildman–Crippen MR) is 99.4 cm³/mol. The number of nitrogens with one attached hydrogen (secondary N) is 1. The average molecular weight is 400 g/mol. The van der Waals surface area contributed by atoms with Gasteiger partial charge in [-0.05, 0) is 46.1 Å². The van der Waals surface area contributed by atoms with Gasteiger partial charge in [0.25, 0.3) is 5.82 Å². The third kappa shape index (κ3) is 4.54. The smallest absolute Gasteiger partial charge is 0.377 e. The number of rotatable bonds is 6. The molecule has 1 aliphatic heterocycles. The average Bonchev–Trinajstić information content (AvgIpc) is 3.05. The van der Waals surface area contributed by atoms with Crippen molar-refractivity contribution in [2.24, 2.45) is 0 Å². The number of likely N-dealkylation sites (tertiary alicyclic amines) is 1. The number of fused-ring (bicyclic) bond motifs is 1. The Hall–Kier alpha value is -1.94. The molecule has 0 unspecified atom stereocenters. The maximum atomic E-state index is 13.2. The Morgan fingerprint density at radius 2 is 1.82 bits per heavy atom. The molecule has 2 aromatic heterocycles. The fourth-order valence-electron chi connectivity index (χ4n) is 3.35. The number of alkyl halides is 3. The molecular formula is C18H27F3N6O. The van der Waals surface area contributed by atoms with Crippen LogP contribution in [0.4, 0.5) is 19.0 Å². The number of nitrogens with zero attached hydrogens (tertiary/aromatic N) is 5. The molecule has 0 aliphatic carbocycles. The van der Waals surface area contributed by atoms with Gasteiger partial charge >= 0.3 is 6.18 Å². The number of halogens is 3. The van der Waals surface area contributed by atoms with Crippen LogP contribution in [-0.2, 0) is 10.9 Å². The molecule has 0 bridgehead atoms. The van der Waals surface area contributed by atoms with Gasteiger partial charge in [-0.2, -0.15) is 17.7 Å². The summed E-state index contributed by atoms with van der Waals surface area (Å²) in [6.07, 6.45) is -2.58. The van der Waals surface area contributed by atoms with Crippen LogP contribution >= 0.6 is 0 Å². The molecule has 0 aromatic carbocycles. The van der Waals surface area contributed by atoms with Crippen molar-refractivity contribution in [1.82, 2.24) is 24.7 Å². The molecule has 3 heterocycles. The number of aryl methyl sites for hydroxylation is 1. The van der Waals surface area contributed by atoms with Crippen LogP contribution in [0.15, 0.2) is 0 Å². The summed E-state index contributed by atoms with van der Waals surface area (Å²) in [6.45, 7) is 11.0. The van der Waals surface area contributed by atoms with Crippen molar-refractivity contribution in [3.8, 4) is 0 Å². The molecule has 2 aromatic rings. The summed E-state index contributed by atoms with van der Waals surface area (Å²) in [5.74, 6) is -0.648. The highest BCUT2D eigenvalue weighted by atomic mass is 19.4. The number of aromatic nitrogens is 4. The van der Waals surface area contributed by atoms with Gasteiger partial charge in [-0.1, -0.05) is 0 Å². The Balaban J connectivity index is 1.69. The normalized spacial score (nSPS) is 17.0. The summed E-state index contributed by atoms with van der Waals surface area (Å²) < 4.78 is 45.9. The minimum absolute atomic E-state index is 0.135. The van der Waals surface area contributed by atoms with Gasteiger partial charge in [-0.25, -0.2) is 0 Å². The Bertz CT molecular complexity index is 812. The highest BCUT2D eigenvalue weighted by Crippen LogP contribution is 2.30. The zero-order valence-corrected chi connectivity index (χ0v) is 16.7. The Kier molecular flexibility index (Phi) is 6.09. The Morgan fingerprint density at radius 1 is 1.14 bits per heavy atom. The number of hydrogen-bond acceptors (Lipinski definition) is 6. The highest BCUT2D eigenvalue weighted by Gasteiger charge is 2.38. The van der Waals surface area contributed by atoms with Crippen molar-refractivity contribution in [2.45, 2.75) is 58.9 Å². The molecule has 1 aliphatic rings. The van der Waals surface area contributed by atoms with Crippen LogP contribution < -0.4 is 5.32 Å². The largest absolute Gasteiger partial charge is 0.453 e.